The van der Waals surface area contributed by atoms with Crippen molar-refractivity contribution in [2.45, 2.75) is 6.54 Å². The first-order valence-corrected chi connectivity index (χ1v) is 7.56. The van der Waals surface area contributed by atoms with Crippen LogP contribution >= 0.6 is 23.2 Å². The molecule has 2 aromatic carbocycles. The number of nitriles is 1. The number of carbonyl (C=O) groups is 1. The topological polar surface area (TPSA) is 53.3 Å². The molecule has 0 fully saturated rings. The minimum absolute atomic E-state index is 0.117. The Labute approximate surface area is 144 Å². The summed E-state index contributed by atoms with van der Waals surface area (Å²) in [6.07, 6.45) is 0. The van der Waals surface area contributed by atoms with Crippen molar-refractivity contribution in [3.63, 3.8) is 0 Å². The first-order valence-electron chi connectivity index (χ1n) is 6.80. The molecule has 0 aliphatic heterocycles. The lowest BCUT2D eigenvalue weighted by Gasteiger charge is -2.18. The Morgan fingerprint density at radius 2 is 1.91 bits per heavy atom. The molecule has 0 unspecified atom stereocenters. The monoisotopic (exact) mass is 348 g/mol. The Bertz CT molecular complexity index is 739. The third-order valence-corrected chi connectivity index (χ3v) is 3.70. The molecule has 118 valence electrons. The van der Waals surface area contributed by atoms with E-state index in [1.807, 2.05) is 12.1 Å². The largest absolute Gasteiger partial charge is 0.482 e. The molecule has 0 radical (unpaired) electrons. The summed E-state index contributed by atoms with van der Waals surface area (Å²) in [7, 11) is 1.69. The summed E-state index contributed by atoms with van der Waals surface area (Å²) >= 11 is 11.8. The van der Waals surface area contributed by atoms with Gasteiger partial charge < -0.3 is 9.64 Å². The van der Waals surface area contributed by atoms with Crippen molar-refractivity contribution >= 4 is 29.1 Å². The van der Waals surface area contributed by atoms with Gasteiger partial charge in [-0.15, -0.1) is 0 Å². The van der Waals surface area contributed by atoms with Crippen LogP contribution in [0.3, 0.4) is 0 Å². The first kappa shape index (κ1) is 17.1. The van der Waals surface area contributed by atoms with Crippen molar-refractivity contribution in [3.8, 4) is 11.8 Å². The Morgan fingerprint density at radius 3 is 2.52 bits per heavy atom. The Balaban J connectivity index is 1.90. The van der Waals surface area contributed by atoms with E-state index in [9.17, 15) is 4.79 Å². The van der Waals surface area contributed by atoms with Gasteiger partial charge in [-0.1, -0.05) is 35.3 Å². The molecule has 0 saturated carbocycles. The maximum atomic E-state index is 12.1. The van der Waals surface area contributed by atoms with Gasteiger partial charge in [-0.2, -0.15) is 5.26 Å². The third-order valence-electron chi connectivity index (χ3n) is 3.17. The Hall–Kier alpha value is -2.22. The zero-order valence-electron chi connectivity index (χ0n) is 12.4. The van der Waals surface area contributed by atoms with Crippen LogP contribution in [-0.2, 0) is 11.3 Å². The molecule has 2 aromatic rings. The van der Waals surface area contributed by atoms with Crippen molar-refractivity contribution in [2.75, 3.05) is 13.7 Å². The number of halogens is 2. The van der Waals surface area contributed by atoms with E-state index in [2.05, 4.69) is 6.07 Å². The summed E-state index contributed by atoms with van der Waals surface area (Å²) in [6, 6.07) is 14.0. The SMILES string of the molecule is CN(Cc1ccc(C#N)cc1)C(=O)COc1ccc(Cl)cc1Cl. The van der Waals surface area contributed by atoms with E-state index in [-0.39, 0.29) is 12.5 Å². The zero-order chi connectivity index (χ0) is 16.8. The third kappa shape index (κ3) is 4.88. The number of hydrogen-bond acceptors (Lipinski definition) is 3. The minimum Gasteiger partial charge on any atom is -0.482 e. The van der Waals surface area contributed by atoms with Crippen LogP contribution in [0.15, 0.2) is 42.5 Å². The number of amides is 1. The van der Waals surface area contributed by atoms with Gasteiger partial charge in [-0.3, -0.25) is 4.79 Å². The fourth-order valence-electron chi connectivity index (χ4n) is 1.89. The van der Waals surface area contributed by atoms with Crippen LogP contribution in [0.1, 0.15) is 11.1 Å². The van der Waals surface area contributed by atoms with Gasteiger partial charge in [0.1, 0.15) is 5.75 Å². The standard InChI is InChI=1S/C17H14Cl2N2O2/c1-21(10-13-4-2-12(9-20)3-5-13)17(22)11-23-16-7-6-14(18)8-15(16)19/h2-8H,10-11H2,1H3. The average Bonchev–Trinajstić information content (AvgIpc) is 2.54. The quantitative estimate of drug-likeness (QED) is 0.823. The van der Waals surface area contributed by atoms with E-state index in [1.54, 1.807) is 42.3 Å². The highest BCUT2D eigenvalue weighted by Crippen LogP contribution is 2.27. The molecule has 0 atom stereocenters. The molecule has 6 heteroatoms. The van der Waals surface area contributed by atoms with Gasteiger partial charge in [0.05, 0.1) is 16.7 Å². The Morgan fingerprint density at radius 1 is 1.22 bits per heavy atom. The lowest BCUT2D eigenvalue weighted by Crippen LogP contribution is -2.31. The number of benzene rings is 2. The number of ether oxygens (including phenoxy) is 1. The second kappa shape index (κ2) is 7.87. The summed E-state index contributed by atoms with van der Waals surface area (Å²) in [5, 5.41) is 9.63. The number of carbonyl (C=O) groups excluding carboxylic acids is 1. The second-order valence-corrected chi connectivity index (χ2v) is 5.77. The van der Waals surface area contributed by atoms with E-state index >= 15 is 0 Å². The summed E-state index contributed by atoms with van der Waals surface area (Å²) in [4.78, 5) is 13.6. The lowest BCUT2D eigenvalue weighted by atomic mass is 10.1. The maximum absolute atomic E-state index is 12.1. The number of rotatable bonds is 5. The molecule has 23 heavy (non-hydrogen) atoms. The van der Waals surface area contributed by atoms with Gasteiger partial charge in [0, 0.05) is 18.6 Å². The fraction of sp³-hybridized carbons (Fsp3) is 0.176. The van der Waals surface area contributed by atoms with Crippen LogP contribution in [0.4, 0.5) is 0 Å². The molecule has 4 nitrogen and oxygen atoms in total. The molecule has 0 bridgehead atoms. The van der Waals surface area contributed by atoms with Crippen molar-refractivity contribution < 1.29 is 9.53 Å². The molecule has 0 aromatic heterocycles. The summed E-state index contributed by atoms with van der Waals surface area (Å²) in [6.45, 7) is 0.316. The highest BCUT2D eigenvalue weighted by atomic mass is 35.5. The molecule has 0 aliphatic carbocycles. The molecule has 0 heterocycles. The van der Waals surface area contributed by atoms with E-state index < -0.39 is 0 Å². The lowest BCUT2D eigenvalue weighted by molar-refractivity contribution is -0.132. The number of likely N-dealkylation sites (N-methyl/N-ethyl adjacent to an activating group) is 1. The van der Waals surface area contributed by atoms with Gasteiger partial charge in [0.25, 0.3) is 5.91 Å². The maximum Gasteiger partial charge on any atom is 0.260 e. The minimum atomic E-state index is -0.180. The van der Waals surface area contributed by atoms with Crippen LogP contribution in [0, 0.1) is 11.3 Å². The number of nitrogens with zero attached hydrogens (tertiary/aromatic N) is 2. The number of hydrogen-bond donors (Lipinski definition) is 0. The van der Waals surface area contributed by atoms with Crippen LogP contribution in [0.2, 0.25) is 10.0 Å². The van der Waals surface area contributed by atoms with E-state index in [0.717, 1.165) is 5.56 Å². The van der Waals surface area contributed by atoms with Crippen LogP contribution in [-0.4, -0.2) is 24.5 Å². The van der Waals surface area contributed by atoms with Gasteiger partial charge in [-0.05, 0) is 35.9 Å². The highest BCUT2D eigenvalue weighted by molar-refractivity contribution is 6.35. The van der Waals surface area contributed by atoms with E-state index in [1.165, 1.54) is 0 Å². The van der Waals surface area contributed by atoms with Crippen molar-refractivity contribution in [1.29, 1.82) is 5.26 Å². The smallest absolute Gasteiger partial charge is 0.260 e. The van der Waals surface area contributed by atoms with Gasteiger partial charge in [0.15, 0.2) is 6.61 Å². The molecular formula is C17H14Cl2N2O2. The van der Waals surface area contributed by atoms with Crippen LogP contribution in [0.5, 0.6) is 5.75 Å². The van der Waals surface area contributed by atoms with Gasteiger partial charge in [0.2, 0.25) is 0 Å². The van der Waals surface area contributed by atoms with Crippen molar-refractivity contribution in [1.82, 2.24) is 4.90 Å². The van der Waals surface area contributed by atoms with Crippen molar-refractivity contribution in [3.05, 3.63) is 63.6 Å². The normalized spacial score (nSPS) is 10.0. The molecule has 0 aliphatic rings. The summed E-state index contributed by atoms with van der Waals surface area (Å²) < 4.78 is 5.42. The van der Waals surface area contributed by atoms with Gasteiger partial charge >= 0.3 is 0 Å². The fourth-order valence-corrected chi connectivity index (χ4v) is 2.35. The average molecular weight is 349 g/mol. The van der Waals surface area contributed by atoms with Gasteiger partial charge in [-0.25, -0.2) is 0 Å². The van der Waals surface area contributed by atoms with E-state index in [4.69, 9.17) is 33.2 Å². The Kier molecular flexibility index (Phi) is 5.86. The molecular weight excluding hydrogens is 335 g/mol. The molecule has 1 amide bonds. The summed E-state index contributed by atoms with van der Waals surface area (Å²) in [5.74, 6) is 0.233. The molecule has 0 spiro atoms. The van der Waals surface area contributed by atoms with Crippen molar-refractivity contribution in [2.24, 2.45) is 0 Å². The molecule has 0 saturated heterocycles. The summed E-state index contributed by atoms with van der Waals surface area (Å²) in [5.41, 5.74) is 1.52. The predicted molar refractivity (Wildman–Crippen MR) is 89.6 cm³/mol. The van der Waals surface area contributed by atoms with Crippen LogP contribution < -0.4 is 4.74 Å². The zero-order valence-corrected chi connectivity index (χ0v) is 13.9. The highest BCUT2D eigenvalue weighted by Gasteiger charge is 2.11. The first-order chi connectivity index (χ1) is 11.0. The molecule has 2 rings (SSSR count). The van der Waals surface area contributed by atoms with Crippen LogP contribution in [0.25, 0.3) is 0 Å². The molecule has 0 N–H and O–H groups in total. The predicted octanol–water partition coefficient (Wildman–Crippen LogP) is 3.90. The second-order valence-electron chi connectivity index (χ2n) is 4.92. The van der Waals surface area contributed by atoms with E-state index in [0.29, 0.717) is 27.9 Å².